The van der Waals surface area contributed by atoms with Crippen LogP contribution in [-0.4, -0.2) is 31.3 Å². The Morgan fingerprint density at radius 3 is 1.87 bits per heavy atom. The Morgan fingerprint density at radius 1 is 0.833 bits per heavy atom. The van der Waals surface area contributed by atoms with Crippen LogP contribution in [-0.2, 0) is 4.79 Å². The maximum atomic E-state index is 12.2. The first-order valence-electron chi connectivity index (χ1n) is 11.1. The monoisotopic (exact) mass is 422 g/mol. The molecule has 0 aliphatic carbocycles. The van der Waals surface area contributed by atoms with Gasteiger partial charge in [-0.1, -0.05) is 71.6 Å². The summed E-state index contributed by atoms with van der Waals surface area (Å²) in [6.45, 7) is 4.55. The highest BCUT2D eigenvalue weighted by molar-refractivity contribution is 5.90. The van der Waals surface area contributed by atoms with E-state index in [1.54, 1.807) is 0 Å². The van der Waals surface area contributed by atoms with Gasteiger partial charge >= 0.3 is 11.9 Å². The number of carbonyl (C=O) groups excluding carboxylic acids is 1. The number of ether oxygens (including phenoxy) is 3. The Bertz CT molecular complexity index is 653. The quantitative estimate of drug-likeness (QED) is 0.192. The highest BCUT2D eigenvalue weighted by Gasteiger charge is 2.19. The molecule has 0 heterocycles. The molecular weight excluding hydrogens is 384 g/mol. The van der Waals surface area contributed by atoms with E-state index in [4.69, 9.17) is 14.2 Å². The molecular formula is C24H38O6. The summed E-state index contributed by atoms with van der Waals surface area (Å²) in [5.41, 5.74) is -0.0281. The minimum atomic E-state index is -1.13. The first-order chi connectivity index (χ1) is 14.4. The molecule has 0 atom stereocenters. The van der Waals surface area contributed by atoms with Gasteiger partial charge < -0.3 is 19.3 Å². The lowest BCUT2D eigenvalue weighted by Gasteiger charge is -2.13. The standard InChI is InChI=1S/C24H38O6/c1-18(2)14-12-10-8-6-5-7-9-11-13-15-22(25)30-21-17-19(24(26)27)16-20(28-3)23(21)29-4/h16-18H,5-15H2,1-4H3,(H,26,27). The number of hydrogen-bond acceptors (Lipinski definition) is 5. The molecule has 1 aromatic carbocycles. The molecule has 170 valence electrons. The number of esters is 1. The molecule has 0 aromatic heterocycles. The maximum Gasteiger partial charge on any atom is 0.335 e. The van der Waals surface area contributed by atoms with Gasteiger partial charge in [0.2, 0.25) is 5.75 Å². The first-order valence-corrected chi connectivity index (χ1v) is 11.1. The van der Waals surface area contributed by atoms with Gasteiger partial charge in [0.1, 0.15) is 0 Å². The zero-order valence-corrected chi connectivity index (χ0v) is 19.0. The highest BCUT2D eigenvalue weighted by Crippen LogP contribution is 2.38. The lowest BCUT2D eigenvalue weighted by atomic mass is 10.0. The van der Waals surface area contributed by atoms with E-state index in [0.29, 0.717) is 0 Å². The average Bonchev–Trinajstić information content (AvgIpc) is 2.70. The third-order valence-corrected chi connectivity index (χ3v) is 5.08. The summed E-state index contributed by atoms with van der Waals surface area (Å²) in [5.74, 6) is -0.234. The number of methoxy groups -OCH3 is 2. The van der Waals surface area contributed by atoms with Crippen molar-refractivity contribution >= 4 is 11.9 Å². The molecule has 0 aliphatic heterocycles. The predicted molar refractivity (Wildman–Crippen MR) is 118 cm³/mol. The number of aromatic carboxylic acids is 1. The summed E-state index contributed by atoms with van der Waals surface area (Å²) in [6, 6.07) is 2.62. The number of rotatable bonds is 16. The van der Waals surface area contributed by atoms with Crippen molar-refractivity contribution in [2.75, 3.05) is 14.2 Å². The van der Waals surface area contributed by atoms with Gasteiger partial charge in [-0.2, -0.15) is 0 Å². The molecule has 0 aliphatic rings. The highest BCUT2D eigenvalue weighted by atomic mass is 16.6. The largest absolute Gasteiger partial charge is 0.493 e. The molecule has 1 aromatic rings. The van der Waals surface area contributed by atoms with Crippen LogP contribution in [0.3, 0.4) is 0 Å². The molecule has 6 heteroatoms. The number of carboxylic acids is 1. The SMILES string of the molecule is COc1cc(C(=O)O)cc(OC(=O)CCCCCCCCCCCC(C)C)c1OC. The van der Waals surface area contributed by atoms with E-state index in [-0.39, 0.29) is 29.2 Å². The molecule has 0 amide bonds. The second-order valence-electron chi connectivity index (χ2n) is 8.10. The fourth-order valence-electron chi connectivity index (χ4n) is 3.36. The van der Waals surface area contributed by atoms with E-state index in [0.717, 1.165) is 25.2 Å². The van der Waals surface area contributed by atoms with Gasteiger partial charge in [-0.15, -0.1) is 0 Å². The molecule has 6 nitrogen and oxygen atoms in total. The van der Waals surface area contributed by atoms with Crippen molar-refractivity contribution in [1.82, 2.24) is 0 Å². The first kappa shape index (κ1) is 25.8. The summed E-state index contributed by atoms with van der Waals surface area (Å²) in [6.07, 6.45) is 12.2. The molecule has 0 unspecified atom stereocenters. The maximum absolute atomic E-state index is 12.2. The second-order valence-corrected chi connectivity index (χ2v) is 8.10. The number of unbranched alkanes of at least 4 members (excludes halogenated alkanes) is 8. The van der Waals surface area contributed by atoms with Crippen LogP contribution < -0.4 is 14.2 Å². The smallest absolute Gasteiger partial charge is 0.335 e. The third-order valence-electron chi connectivity index (χ3n) is 5.08. The summed E-state index contributed by atoms with van der Waals surface area (Å²) in [7, 11) is 2.82. The van der Waals surface area contributed by atoms with E-state index in [1.165, 1.54) is 71.3 Å². The molecule has 0 saturated heterocycles. The Hall–Kier alpha value is -2.24. The van der Waals surface area contributed by atoms with Crippen LogP contribution in [0.25, 0.3) is 0 Å². The minimum absolute atomic E-state index is 0.0281. The number of carbonyl (C=O) groups is 2. The topological polar surface area (TPSA) is 82.1 Å². The minimum Gasteiger partial charge on any atom is -0.493 e. The van der Waals surface area contributed by atoms with E-state index >= 15 is 0 Å². The van der Waals surface area contributed by atoms with Crippen LogP contribution in [0, 0.1) is 5.92 Å². The number of benzene rings is 1. The molecule has 1 N–H and O–H groups in total. The summed E-state index contributed by atoms with van der Waals surface area (Å²) in [5, 5.41) is 9.22. The summed E-state index contributed by atoms with van der Waals surface area (Å²) >= 11 is 0. The Balaban J connectivity index is 2.29. The summed E-state index contributed by atoms with van der Waals surface area (Å²) in [4.78, 5) is 23.4. The van der Waals surface area contributed by atoms with Gasteiger partial charge in [0.25, 0.3) is 0 Å². The molecule has 0 spiro atoms. The van der Waals surface area contributed by atoms with E-state index < -0.39 is 11.9 Å². The average molecular weight is 423 g/mol. The lowest BCUT2D eigenvalue weighted by Crippen LogP contribution is -2.10. The van der Waals surface area contributed by atoms with E-state index in [9.17, 15) is 14.7 Å². The van der Waals surface area contributed by atoms with Crippen molar-refractivity contribution < 1.29 is 28.9 Å². The van der Waals surface area contributed by atoms with Gasteiger partial charge in [-0.05, 0) is 24.5 Å². The van der Waals surface area contributed by atoms with Crippen LogP contribution in [0.15, 0.2) is 12.1 Å². The van der Waals surface area contributed by atoms with Gasteiger partial charge in [0.15, 0.2) is 11.5 Å². The van der Waals surface area contributed by atoms with Crippen molar-refractivity contribution in [3.8, 4) is 17.2 Å². The predicted octanol–water partition coefficient (Wildman–Crippen LogP) is 6.25. The number of hydrogen-bond donors (Lipinski definition) is 1. The zero-order valence-electron chi connectivity index (χ0n) is 19.0. The lowest BCUT2D eigenvalue weighted by molar-refractivity contribution is -0.134. The Kier molecular flexibility index (Phi) is 12.6. The number of carboxylic acid groups (broad SMARTS) is 1. The molecule has 1 rings (SSSR count). The van der Waals surface area contributed by atoms with Crippen LogP contribution in [0.5, 0.6) is 17.2 Å². The second kappa shape index (κ2) is 14.7. The van der Waals surface area contributed by atoms with Gasteiger partial charge in [0.05, 0.1) is 19.8 Å². The molecule has 0 saturated carbocycles. The molecule has 0 bridgehead atoms. The summed E-state index contributed by atoms with van der Waals surface area (Å²) < 4.78 is 15.7. The molecule has 0 fully saturated rings. The molecule has 0 radical (unpaired) electrons. The van der Waals surface area contributed by atoms with Crippen molar-refractivity contribution in [2.45, 2.75) is 84.5 Å². The third kappa shape index (κ3) is 9.99. The zero-order chi connectivity index (χ0) is 22.4. The van der Waals surface area contributed by atoms with Crippen molar-refractivity contribution in [3.05, 3.63) is 17.7 Å². The van der Waals surface area contributed by atoms with Crippen LogP contribution in [0.1, 0.15) is 94.8 Å². The Morgan fingerprint density at radius 2 is 1.37 bits per heavy atom. The van der Waals surface area contributed by atoms with Crippen LogP contribution in [0.2, 0.25) is 0 Å². The Labute approximate surface area is 180 Å². The fourth-order valence-corrected chi connectivity index (χ4v) is 3.36. The van der Waals surface area contributed by atoms with Gasteiger partial charge in [0, 0.05) is 6.42 Å². The normalized spacial score (nSPS) is 10.8. The van der Waals surface area contributed by atoms with Crippen molar-refractivity contribution in [2.24, 2.45) is 5.92 Å². The van der Waals surface area contributed by atoms with E-state index in [2.05, 4.69) is 13.8 Å². The van der Waals surface area contributed by atoms with Gasteiger partial charge in [-0.3, -0.25) is 4.79 Å². The van der Waals surface area contributed by atoms with Crippen LogP contribution >= 0.6 is 0 Å². The van der Waals surface area contributed by atoms with E-state index in [1.807, 2.05) is 0 Å². The van der Waals surface area contributed by atoms with Gasteiger partial charge in [-0.25, -0.2) is 4.79 Å². The van der Waals surface area contributed by atoms with Crippen molar-refractivity contribution in [3.63, 3.8) is 0 Å². The molecule has 30 heavy (non-hydrogen) atoms. The fraction of sp³-hybridized carbons (Fsp3) is 0.667. The van der Waals surface area contributed by atoms with Crippen LogP contribution in [0.4, 0.5) is 0 Å². The van der Waals surface area contributed by atoms with Crippen molar-refractivity contribution in [1.29, 1.82) is 0 Å².